The van der Waals surface area contributed by atoms with Crippen LogP contribution < -0.4 is 16.0 Å². The Morgan fingerprint density at radius 1 is 1.44 bits per heavy atom. The highest BCUT2D eigenvalue weighted by atomic mass is 32.3. The average molecular weight is 254 g/mol. The van der Waals surface area contributed by atoms with Crippen LogP contribution in [0.1, 0.15) is 0 Å². The fraction of sp³-hybridized carbons (Fsp3) is 0.143. The number of benzene rings is 1. The normalized spacial score (nSPS) is 10.1. The number of hydrogen-bond donors (Lipinski definition) is 4. The van der Waals surface area contributed by atoms with Crippen molar-refractivity contribution in [2.75, 3.05) is 12.5 Å². The summed E-state index contributed by atoms with van der Waals surface area (Å²) < 4.78 is 49.2. The van der Waals surface area contributed by atoms with E-state index < -0.39 is 16.2 Å². The van der Waals surface area contributed by atoms with Gasteiger partial charge in [-0.3, -0.25) is 14.9 Å². The first-order valence-corrected chi connectivity index (χ1v) is 5.18. The van der Waals surface area contributed by atoms with Gasteiger partial charge in [0.05, 0.1) is 7.11 Å². The van der Waals surface area contributed by atoms with Crippen molar-refractivity contribution in [3.8, 4) is 5.75 Å². The van der Waals surface area contributed by atoms with E-state index in [0.29, 0.717) is 5.75 Å². The molecule has 1 aromatic carbocycles. The molecule has 0 unspecified atom stereocenters. The zero-order chi connectivity index (χ0) is 12.8. The summed E-state index contributed by atoms with van der Waals surface area (Å²) in [5.74, 6) is 5.03. The molecule has 1 aromatic rings. The summed E-state index contributed by atoms with van der Waals surface area (Å²) in [7, 11) is -3.21. The predicted octanol–water partition coefficient (Wildman–Crippen LogP) is 0.467. The van der Waals surface area contributed by atoms with E-state index in [1.54, 1.807) is 12.1 Å². The molecule has 0 aliphatic carbocycles. The van der Waals surface area contributed by atoms with Gasteiger partial charge in [-0.15, -0.1) is 0 Å². The van der Waals surface area contributed by atoms with Crippen LogP contribution in [-0.2, 0) is 10.4 Å². The lowest BCUT2D eigenvalue weighted by Gasteiger charge is -2.06. The topological polar surface area (TPSA) is 122 Å². The van der Waals surface area contributed by atoms with Gasteiger partial charge in [0.25, 0.3) is 0 Å². The van der Waals surface area contributed by atoms with Crippen molar-refractivity contribution in [2.45, 2.75) is 0 Å². The highest BCUT2D eigenvalue weighted by Gasteiger charge is 2.05. The molecular formula is C7H11FN2O5S. The summed E-state index contributed by atoms with van der Waals surface area (Å²) in [6.45, 7) is 0. The van der Waals surface area contributed by atoms with Gasteiger partial charge in [-0.05, 0) is 12.1 Å². The highest BCUT2D eigenvalue weighted by molar-refractivity contribution is 7.79. The lowest BCUT2D eigenvalue weighted by molar-refractivity contribution is 0.381. The fourth-order valence-corrected chi connectivity index (χ4v) is 0.815. The Hall–Kier alpha value is -1.42. The zero-order valence-electron chi connectivity index (χ0n) is 8.21. The van der Waals surface area contributed by atoms with Crippen LogP contribution in [0, 0.1) is 5.82 Å². The number of nitrogen functional groups attached to an aromatic ring is 1. The molecule has 0 fully saturated rings. The highest BCUT2D eigenvalue weighted by Crippen LogP contribution is 2.25. The van der Waals surface area contributed by atoms with Crippen molar-refractivity contribution in [2.24, 2.45) is 5.84 Å². The lowest BCUT2D eigenvalue weighted by Crippen LogP contribution is -2.09. The molecule has 0 saturated heterocycles. The number of halogens is 1. The molecule has 9 heteroatoms. The maximum Gasteiger partial charge on any atom is 0.394 e. The van der Waals surface area contributed by atoms with E-state index in [0.717, 1.165) is 0 Å². The number of ether oxygens (including phenoxy) is 1. The van der Waals surface area contributed by atoms with E-state index in [1.165, 1.54) is 13.2 Å². The SMILES string of the molecule is COc1cccc(F)c1NN.O=S(=O)(O)O. The molecule has 0 aliphatic heterocycles. The number of anilines is 1. The van der Waals surface area contributed by atoms with Crippen LogP contribution in [0.2, 0.25) is 0 Å². The minimum Gasteiger partial charge on any atom is -0.494 e. The minimum atomic E-state index is -4.67. The summed E-state index contributed by atoms with van der Waals surface area (Å²) >= 11 is 0. The van der Waals surface area contributed by atoms with Crippen LogP contribution >= 0.6 is 0 Å². The molecule has 5 N–H and O–H groups in total. The van der Waals surface area contributed by atoms with Crippen molar-refractivity contribution < 1.29 is 26.7 Å². The van der Waals surface area contributed by atoms with E-state index in [1.807, 2.05) is 0 Å². The first-order valence-electron chi connectivity index (χ1n) is 3.78. The van der Waals surface area contributed by atoms with Crippen molar-refractivity contribution in [1.29, 1.82) is 0 Å². The maximum absolute atomic E-state index is 12.8. The molecule has 0 aliphatic rings. The molecule has 16 heavy (non-hydrogen) atoms. The predicted molar refractivity (Wildman–Crippen MR) is 54.9 cm³/mol. The number of nitrogens with one attached hydrogen (secondary N) is 1. The van der Waals surface area contributed by atoms with Gasteiger partial charge in [-0.25, -0.2) is 4.39 Å². The van der Waals surface area contributed by atoms with Crippen LogP contribution in [0.3, 0.4) is 0 Å². The third-order valence-corrected chi connectivity index (χ3v) is 1.34. The van der Waals surface area contributed by atoms with Gasteiger partial charge in [0, 0.05) is 0 Å². The van der Waals surface area contributed by atoms with E-state index in [-0.39, 0.29) is 5.69 Å². The number of nitrogens with two attached hydrogens (primary N) is 1. The van der Waals surface area contributed by atoms with Gasteiger partial charge in [0.1, 0.15) is 11.4 Å². The molecule has 0 heterocycles. The first-order chi connectivity index (χ1) is 7.29. The molecule has 0 radical (unpaired) electrons. The Bertz CT molecular complexity index is 428. The monoisotopic (exact) mass is 254 g/mol. The van der Waals surface area contributed by atoms with Gasteiger partial charge in [0.15, 0.2) is 5.82 Å². The summed E-state index contributed by atoms with van der Waals surface area (Å²) in [5, 5.41) is 0. The number of para-hydroxylation sites is 1. The second kappa shape index (κ2) is 6.23. The van der Waals surface area contributed by atoms with Gasteiger partial charge in [-0.2, -0.15) is 8.42 Å². The summed E-state index contributed by atoms with van der Waals surface area (Å²) in [6, 6.07) is 4.48. The van der Waals surface area contributed by atoms with Gasteiger partial charge < -0.3 is 10.2 Å². The largest absolute Gasteiger partial charge is 0.494 e. The number of hydrogen-bond acceptors (Lipinski definition) is 5. The Labute approximate surface area is 91.6 Å². The Morgan fingerprint density at radius 2 is 1.94 bits per heavy atom. The minimum absolute atomic E-state index is 0.176. The van der Waals surface area contributed by atoms with Crippen LogP contribution in [0.4, 0.5) is 10.1 Å². The Morgan fingerprint density at radius 3 is 2.25 bits per heavy atom. The molecule has 1 rings (SSSR count). The van der Waals surface area contributed by atoms with E-state index >= 15 is 0 Å². The quantitative estimate of drug-likeness (QED) is 0.343. The third kappa shape index (κ3) is 6.14. The average Bonchev–Trinajstić information content (AvgIpc) is 2.14. The maximum atomic E-state index is 12.8. The van der Waals surface area contributed by atoms with Crippen LogP contribution in [0.25, 0.3) is 0 Å². The smallest absolute Gasteiger partial charge is 0.394 e. The van der Waals surface area contributed by atoms with Crippen LogP contribution in [0.5, 0.6) is 5.75 Å². The van der Waals surface area contributed by atoms with Crippen LogP contribution in [0.15, 0.2) is 18.2 Å². The second-order valence-corrected chi connectivity index (χ2v) is 3.30. The molecule has 0 amide bonds. The van der Waals surface area contributed by atoms with Gasteiger partial charge in [0.2, 0.25) is 0 Å². The van der Waals surface area contributed by atoms with Crippen molar-refractivity contribution in [1.82, 2.24) is 0 Å². The molecule has 0 bridgehead atoms. The number of methoxy groups -OCH3 is 1. The molecule has 0 atom stereocenters. The second-order valence-electron chi connectivity index (χ2n) is 2.41. The Balaban J connectivity index is 0.000000385. The number of hydrazine groups is 1. The fourth-order valence-electron chi connectivity index (χ4n) is 0.815. The molecule has 92 valence electrons. The molecule has 0 spiro atoms. The molecule has 0 aromatic heterocycles. The summed E-state index contributed by atoms with van der Waals surface area (Å²) in [6.07, 6.45) is 0. The van der Waals surface area contributed by atoms with E-state index in [9.17, 15) is 4.39 Å². The molecule has 7 nitrogen and oxygen atoms in total. The Kier molecular flexibility index (Phi) is 5.67. The van der Waals surface area contributed by atoms with Crippen LogP contribution in [-0.4, -0.2) is 24.6 Å². The lowest BCUT2D eigenvalue weighted by atomic mass is 10.3. The van der Waals surface area contributed by atoms with Gasteiger partial charge >= 0.3 is 10.4 Å². The zero-order valence-corrected chi connectivity index (χ0v) is 9.03. The van der Waals surface area contributed by atoms with E-state index in [2.05, 4.69) is 5.43 Å². The van der Waals surface area contributed by atoms with Crippen molar-refractivity contribution >= 4 is 16.1 Å². The van der Waals surface area contributed by atoms with E-state index in [4.69, 9.17) is 28.1 Å². The standard InChI is InChI=1S/C7H9FN2O.H2O4S/c1-11-6-4-2-3-5(8)7(6)10-9;1-5(2,3)4/h2-4,10H,9H2,1H3;(H2,1,2,3,4). The van der Waals surface area contributed by atoms with Gasteiger partial charge in [-0.1, -0.05) is 6.07 Å². The summed E-state index contributed by atoms with van der Waals surface area (Å²) in [5.41, 5.74) is 2.39. The van der Waals surface area contributed by atoms with Crippen molar-refractivity contribution in [3.63, 3.8) is 0 Å². The molecular weight excluding hydrogens is 243 g/mol. The molecule has 0 saturated carbocycles. The summed E-state index contributed by atoms with van der Waals surface area (Å²) in [4.78, 5) is 0. The number of rotatable bonds is 2. The first kappa shape index (κ1) is 14.6. The third-order valence-electron chi connectivity index (χ3n) is 1.34. The van der Waals surface area contributed by atoms with Crippen molar-refractivity contribution in [3.05, 3.63) is 24.0 Å².